The van der Waals surface area contributed by atoms with Crippen LogP contribution >= 0.6 is 28.1 Å². The lowest BCUT2D eigenvalue weighted by molar-refractivity contribution is 0.343. The fraction of sp³-hybridized carbons (Fsp3) is 0.188. The molecule has 0 aliphatic heterocycles. The molecule has 1 N–H and O–H groups in total. The highest BCUT2D eigenvalue weighted by molar-refractivity contribution is 9.10. The van der Waals surface area contributed by atoms with Crippen molar-refractivity contribution >= 4 is 39.2 Å². The van der Waals surface area contributed by atoms with Crippen LogP contribution in [0.5, 0.6) is 5.75 Å². The summed E-state index contributed by atoms with van der Waals surface area (Å²) >= 11 is 9.17. The van der Waals surface area contributed by atoms with Crippen LogP contribution < -0.4 is 4.74 Å². The van der Waals surface area contributed by atoms with Gasteiger partial charge in [0.25, 0.3) is 0 Å². The number of aromatic amines is 1. The first kappa shape index (κ1) is 14.4. The van der Waals surface area contributed by atoms with Crippen molar-refractivity contribution < 1.29 is 4.74 Å². The Balaban J connectivity index is 2.34. The highest BCUT2D eigenvalue weighted by Gasteiger charge is 2.13. The van der Waals surface area contributed by atoms with Crippen LogP contribution in [0.2, 0.25) is 0 Å². The van der Waals surface area contributed by atoms with Gasteiger partial charge in [-0.1, -0.05) is 18.2 Å². The smallest absolute Gasteiger partial charge is 0.182 e. The highest BCUT2D eigenvalue weighted by atomic mass is 79.9. The van der Waals surface area contributed by atoms with Crippen LogP contribution in [0.25, 0.3) is 16.7 Å². The summed E-state index contributed by atoms with van der Waals surface area (Å²) in [5, 5.41) is 0. The second-order valence-electron chi connectivity index (χ2n) is 4.76. The quantitative estimate of drug-likeness (QED) is 0.652. The zero-order valence-corrected chi connectivity index (χ0v) is 14.2. The van der Waals surface area contributed by atoms with E-state index >= 15 is 0 Å². The van der Waals surface area contributed by atoms with E-state index in [0.29, 0.717) is 11.4 Å². The van der Waals surface area contributed by atoms with Gasteiger partial charge >= 0.3 is 0 Å². The number of imidazole rings is 1. The average Bonchev–Trinajstić information content (AvgIpc) is 2.80. The van der Waals surface area contributed by atoms with Crippen LogP contribution in [0.1, 0.15) is 12.5 Å². The van der Waals surface area contributed by atoms with E-state index in [1.54, 1.807) is 0 Å². The molecule has 0 saturated heterocycles. The molecule has 0 saturated carbocycles. The van der Waals surface area contributed by atoms with Crippen molar-refractivity contribution in [3.8, 4) is 11.4 Å². The van der Waals surface area contributed by atoms with Gasteiger partial charge < -0.3 is 9.72 Å². The molecule has 0 bridgehead atoms. The second kappa shape index (κ2) is 5.66. The molecule has 0 radical (unpaired) electrons. The molecule has 1 aromatic heterocycles. The Morgan fingerprint density at radius 2 is 2.00 bits per heavy atom. The summed E-state index contributed by atoms with van der Waals surface area (Å²) in [6.07, 6.45) is 0. The molecule has 5 heteroatoms. The first-order chi connectivity index (χ1) is 10.1. The number of hydrogen-bond donors (Lipinski definition) is 1. The van der Waals surface area contributed by atoms with Gasteiger partial charge in [0.15, 0.2) is 4.77 Å². The standard InChI is InChI=1S/C16H15BrN2OS/c1-3-20-13-9-5-8-12-15(13)18-16(21)19(12)11-7-4-6-10(2)14(11)17/h4-9H,3H2,1-2H3,(H,18,21). The first-order valence-corrected chi connectivity index (χ1v) is 7.95. The lowest BCUT2D eigenvalue weighted by Crippen LogP contribution is -1.97. The summed E-state index contributed by atoms with van der Waals surface area (Å²) < 4.78 is 9.41. The molecule has 2 aromatic carbocycles. The zero-order valence-electron chi connectivity index (χ0n) is 11.8. The summed E-state index contributed by atoms with van der Waals surface area (Å²) in [6.45, 7) is 4.66. The van der Waals surface area contributed by atoms with Crippen LogP contribution in [0.15, 0.2) is 40.9 Å². The summed E-state index contributed by atoms with van der Waals surface area (Å²) in [5.41, 5.74) is 4.14. The number of halogens is 1. The molecular formula is C16H15BrN2OS. The fourth-order valence-corrected chi connectivity index (χ4v) is 3.16. The molecule has 0 aliphatic rings. The number of aryl methyl sites for hydroxylation is 1. The molecular weight excluding hydrogens is 348 g/mol. The maximum Gasteiger partial charge on any atom is 0.182 e. The van der Waals surface area contributed by atoms with Crippen molar-refractivity contribution in [2.75, 3.05) is 6.61 Å². The molecule has 108 valence electrons. The molecule has 0 spiro atoms. The lowest BCUT2D eigenvalue weighted by Gasteiger charge is -2.10. The average molecular weight is 363 g/mol. The van der Waals surface area contributed by atoms with Crippen molar-refractivity contribution in [2.24, 2.45) is 0 Å². The van der Waals surface area contributed by atoms with Crippen LogP contribution in [0.4, 0.5) is 0 Å². The van der Waals surface area contributed by atoms with Gasteiger partial charge in [-0.25, -0.2) is 0 Å². The Hall–Kier alpha value is -1.59. The summed E-state index contributed by atoms with van der Waals surface area (Å²) in [4.78, 5) is 3.26. The predicted molar refractivity (Wildman–Crippen MR) is 92.1 cm³/mol. The number of rotatable bonds is 3. The van der Waals surface area contributed by atoms with Gasteiger partial charge in [0.05, 0.1) is 17.8 Å². The predicted octanol–water partition coefficient (Wildman–Crippen LogP) is 5.16. The minimum atomic E-state index is 0.624. The number of H-pyrrole nitrogens is 1. The van der Waals surface area contributed by atoms with Gasteiger partial charge in [-0.05, 0) is 65.8 Å². The van der Waals surface area contributed by atoms with Gasteiger partial charge in [0.2, 0.25) is 0 Å². The molecule has 0 unspecified atom stereocenters. The van der Waals surface area contributed by atoms with Crippen molar-refractivity contribution in [2.45, 2.75) is 13.8 Å². The van der Waals surface area contributed by atoms with E-state index in [9.17, 15) is 0 Å². The van der Waals surface area contributed by atoms with Crippen LogP contribution in [-0.2, 0) is 0 Å². The Labute approximate surface area is 136 Å². The van der Waals surface area contributed by atoms with Crippen molar-refractivity contribution in [1.82, 2.24) is 9.55 Å². The maximum absolute atomic E-state index is 5.67. The SMILES string of the molecule is CCOc1cccc2c1[nH]c(=S)n2-c1cccc(C)c1Br. The molecule has 3 rings (SSSR count). The number of ether oxygens (including phenoxy) is 1. The van der Waals surface area contributed by atoms with Crippen LogP contribution in [0.3, 0.4) is 0 Å². The van der Waals surface area contributed by atoms with Gasteiger partial charge in [0.1, 0.15) is 11.3 Å². The molecule has 1 heterocycles. The van der Waals surface area contributed by atoms with Crippen LogP contribution in [-0.4, -0.2) is 16.2 Å². The fourth-order valence-electron chi connectivity index (χ4n) is 2.42. The normalized spacial score (nSPS) is 11.0. The minimum absolute atomic E-state index is 0.624. The summed E-state index contributed by atoms with van der Waals surface area (Å²) in [6, 6.07) is 12.1. The minimum Gasteiger partial charge on any atom is -0.492 e. The van der Waals surface area contributed by atoms with E-state index < -0.39 is 0 Å². The molecule has 3 aromatic rings. The van der Waals surface area contributed by atoms with E-state index in [2.05, 4.69) is 33.9 Å². The Morgan fingerprint density at radius 3 is 2.76 bits per heavy atom. The second-order valence-corrected chi connectivity index (χ2v) is 5.94. The Bertz CT molecular complexity index is 866. The number of para-hydroxylation sites is 1. The van der Waals surface area contributed by atoms with E-state index in [1.165, 1.54) is 5.56 Å². The summed E-state index contributed by atoms with van der Waals surface area (Å²) in [7, 11) is 0. The van der Waals surface area contributed by atoms with Crippen molar-refractivity contribution in [3.05, 3.63) is 51.2 Å². The lowest BCUT2D eigenvalue weighted by atomic mass is 10.2. The molecule has 0 fully saturated rings. The topological polar surface area (TPSA) is 29.9 Å². The van der Waals surface area contributed by atoms with Crippen molar-refractivity contribution in [3.63, 3.8) is 0 Å². The molecule has 0 amide bonds. The highest BCUT2D eigenvalue weighted by Crippen LogP contribution is 2.31. The Morgan fingerprint density at radius 1 is 1.24 bits per heavy atom. The van der Waals surface area contributed by atoms with Gasteiger partial charge in [0, 0.05) is 4.47 Å². The monoisotopic (exact) mass is 362 g/mol. The molecule has 3 nitrogen and oxygen atoms in total. The molecule has 0 atom stereocenters. The summed E-state index contributed by atoms with van der Waals surface area (Å²) in [5.74, 6) is 0.823. The number of aromatic nitrogens is 2. The number of fused-ring (bicyclic) bond motifs is 1. The third-order valence-electron chi connectivity index (χ3n) is 3.39. The number of nitrogens with zero attached hydrogens (tertiary/aromatic N) is 1. The zero-order chi connectivity index (χ0) is 15.0. The number of benzene rings is 2. The first-order valence-electron chi connectivity index (χ1n) is 6.75. The van der Waals surface area contributed by atoms with Crippen LogP contribution in [0, 0.1) is 11.7 Å². The van der Waals surface area contributed by atoms with Gasteiger partial charge in [-0.2, -0.15) is 0 Å². The third-order valence-corrected chi connectivity index (χ3v) is 4.71. The number of hydrogen-bond acceptors (Lipinski definition) is 2. The Kier molecular flexibility index (Phi) is 3.87. The van der Waals surface area contributed by atoms with Crippen molar-refractivity contribution in [1.29, 1.82) is 0 Å². The van der Waals surface area contributed by atoms with E-state index in [-0.39, 0.29) is 0 Å². The molecule has 0 aliphatic carbocycles. The largest absolute Gasteiger partial charge is 0.492 e. The maximum atomic E-state index is 5.67. The van der Waals surface area contributed by atoms with E-state index in [1.807, 2.05) is 41.8 Å². The van der Waals surface area contributed by atoms with Gasteiger partial charge in [-0.15, -0.1) is 0 Å². The van der Waals surface area contributed by atoms with E-state index in [0.717, 1.165) is 26.9 Å². The van der Waals surface area contributed by atoms with Gasteiger partial charge in [-0.3, -0.25) is 4.57 Å². The third kappa shape index (κ3) is 2.40. The molecule has 21 heavy (non-hydrogen) atoms. The number of nitrogens with one attached hydrogen (secondary N) is 1. The van der Waals surface area contributed by atoms with E-state index in [4.69, 9.17) is 17.0 Å².